The molecule has 0 atom stereocenters. The molecule has 1 amide bonds. The van der Waals surface area contributed by atoms with Crippen molar-refractivity contribution in [3.05, 3.63) is 76.6 Å². The van der Waals surface area contributed by atoms with Gasteiger partial charge >= 0.3 is 0 Å². The lowest BCUT2D eigenvalue weighted by Gasteiger charge is -2.10. The summed E-state index contributed by atoms with van der Waals surface area (Å²) in [6.07, 6.45) is 6.78. The van der Waals surface area contributed by atoms with Crippen molar-refractivity contribution in [2.24, 2.45) is 0 Å². The molecule has 1 aliphatic heterocycles. The second-order valence-electron chi connectivity index (χ2n) is 6.57. The maximum absolute atomic E-state index is 12.0. The highest BCUT2D eigenvalue weighted by Gasteiger charge is 2.19. The number of thiophene rings is 1. The normalized spacial score (nSPS) is 13.9. The minimum Gasteiger partial charge on any atom is -0.358 e. The zero-order valence-corrected chi connectivity index (χ0v) is 15.3. The molecule has 5 rings (SSSR count). The molecule has 4 aromatic rings. The molecule has 4 nitrogen and oxygen atoms in total. The Balaban J connectivity index is 1.44. The van der Waals surface area contributed by atoms with Crippen molar-refractivity contribution in [2.45, 2.75) is 6.42 Å². The van der Waals surface area contributed by atoms with Crippen LogP contribution in [0.3, 0.4) is 0 Å². The number of hydrogen-bond acceptors (Lipinski definition) is 3. The number of carbonyl (C=O) groups excluding carboxylic acids is 1. The van der Waals surface area contributed by atoms with Crippen LogP contribution < -0.4 is 5.32 Å². The minimum atomic E-state index is -0.00214. The van der Waals surface area contributed by atoms with Crippen LogP contribution >= 0.6 is 11.3 Å². The molecule has 0 unspecified atom stereocenters. The topological polar surface area (TPSA) is 57.8 Å². The van der Waals surface area contributed by atoms with Crippen molar-refractivity contribution < 1.29 is 4.79 Å². The lowest BCUT2D eigenvalue weighted by Crippen LogP contribution is -2.31. The van der Waals surface area contributed by atoms with E-state index in [1.54, 1.807) is 17.5 Å². The van der Waals surface area contributed by atoms with E-state index in [0.717, 1.165) is 34.6 Å². The molecule has 0 radical (unpaired) electrons. The van der Waals surface area contributed by atoms with Gasteiger partial charge in [0.1, 0.15) is 0 Å². The Morgan fingerprint density at radius 2 is 2.00 bits per heavy atom. The van der Waals surface area contributed by atoms with E-state index in [1.165, 1.54) is 15.0 Å². The average molecular weight is 371 g/mol. The summed E-state index contributed by atoms with van der Waals surface area (Å²) in [5.74, 6) is -0.00214. The SMILES string of the molecule is O=C1NCCc2[nH]c(-c3ccnc(C=Cc4cc5ccccc5s4)c3)cc21. The molecule has 0 fully saturated rings. The Labute approximate surface area is 160 Å². The smallest absolute Gasteiger partial charge is 0.253 e. The number of carbonyl (C=O) groups is 1. The average Bonchev–Trinajstić information content (AvgIpc) is 3.31. The summed E-state index contributed by atoms with van der Waals surface area (Å²) >= 11 is 1.77. The summed E-state index contributed by atoms with van der Waals surface area (Å²) in [5, 5.41) is 4.15. The summed E-state index contributed by atoms with van der Waals surface area (Å²) in [6.45, 7) is 0.686. The summed E-state index contributed by atoms with van der Waals surface area (Å²) < 4.78 is 1.29. The number of H-pyrrole nitrogens is 1. The van der Waals surface area contributed by atoms with Crippen LogP contribution in [0.4, 0.5) is 0 Å². The fourth-order valence-electron chi connectivity index (χ4n) is 3.41. The van der Waals surface area contributed by atoms with Gasteiger partial charge in [-0.2, -0.15) is 0 Å². The first-order valence-electron chi connectivity index (χ1n) is 8.89. The highest BCUT2D eigenvalue weighted by atomic mass is 32.1. The number of benzene rings is 1. The predicted octanol–water partition coefficient (Wildman–Crippen LogP) is 4.75. The van der Waals surface area contributed by atoms with E-state index in [1.807, 2.05) is 24.3 Å². The van der Waals surface area contributed by atoms with Gasteiger partial charge in [-0.15, -0.1) is 11.3 Å². The molecule has 4 heterocycles. The van der Waals surface area contributed by atoms with Crippen LogP contribution in [-0.2, 0) is 6.42 Å². The third kappa shape index (κ3) is 3.06. The molecule has 1 aliphatic rings. The molecule has 0 bridgehead atoms. The van der Waals surface area contributed by atoms with Crippen molar-refractivity contribution >= 4 is 39.5 Å². The molecular weight excluding hydrogens is 354 g/mol. The Morgan fingerprint density at radius 1 is 1.07 bits per heavy atom. The van der Waals surface area contributed by atoms with Crippen molar-refractivity contribution in [1.29, 1.82) is 0 Å². The Hall–Kier alpha value is -3.18. The van der Waals surface area contributed by atoms with Crippen molar-refractivity contribution in [2.75, 3.05) is 6.54 Å². The molecule has 27 heavy (non-hydrogen) atoms. The van der Waals surface area contributed by atoms with E-state index in [4.69, 9.17) is 0 Å². The monoisotopic (exact) mass is 371 g/mol. The van der Waals surface area contributed by atoms with E-state index in [2.05, 4.69) is 51.7 Å². The van der Waals surface area contributed by atoms with Gasteiger partial charge in [-0.1, -0.05) is 18.2 Å². The van der Waals surface area contributed by atoms with Gasteiger partial charge in [-0.05, 0) is 47.9 Å². The number of pyridine rings is 1. The van der Waals surface area contributed by atoms with Gasteiger partial charge in [-0.3, -0.25) is 9.78 Å². The maximum atomic E-state index is 12.0. The van der Waals surface area contributed by atoms with Gasteiger partial charge in [0.15, 0.2) is 0 Å². The van der Waals surface area contributed by atoms with Crippen LogP contribution in [0.5, 0.6) is 0 Å². The number of hydrogen-bond donors (Lipinski definition) is 2. The number of aromatic nitrogens is 2. The molecule has 2 N–H and O–H groups in total. The summed E-state index contributed by atoms with van der Waals surface area (Å²) in [5.41, 5.74) is 4.63. The molecule has 132 valence electrons. The van der Waals surface area contributed by atoms with Gasteiger partial charge in [0.2, 0.25) is 0 Å². The molecule has 0 saturated heterocycles. The molecule has 0 aliphatic carbocycles. The van der Waals surface area contributed by atoms with E-state index in [0.29, 0.717) is 6.54 Å². The quantitative estimate of drug-likeness (QED) is 0.546. The molecule has 0 spiro atoms. The first-order chi connectivity index (χ1) is 13.3. The van der Waals surface area contributed by atoms with Crippen molar-refractivity contribution in [3.63, 3.8) is 0 Å². The van der Waals surface area contributed by atoms with Crippen LogP contribution in [0.2, 0.25) is 0 Å². The Morgan fingerprint density at radius 3 is 2.89 bits per heavy atom. The van der Waals surface area contributed by atoms with E-state index < -0.39 is 0 Å². The number of amides is 1. The van der Waals surface area contributed by atoms with Crippen LogP contribution in [0.25, 0.3) is 33.5 Å². The third-order valence-corrected chi connectivity index (χ3v) is 5.84. The van der Waals surface area contributed by atoms with Crippen molar-refractivity contribution in [1.82, 2.24) is 15.3 Å². The highest BCUT2D eigenvalue weighted by Crippen LogP contribution is 2.27. The predicted molar refractivity (Wildman–Crippen MR) is 111 cm³/mol. The highest BCUT2D eigenvalue weighted by molar-refractivity contribution is 7.19. The first-order valence-corrected chi connectivity index (χ1v) is 9.71. The fraction of sp³-hybridized carbons (Fsp3) is 0.0909. The van der Waals surface area contributed by atoms with Crippen LogP contribution in [-0.4, -0.2) is 22.4 Å². The van der Waals surface area contributed by atoms with Gasteiger partial charge in [-0.25, -0.2) is 0 Å². The van der Waals surface area contributed by atoms with Gasteiger partial charge in [0.25, 0.3) is 5.91 Å². The number of nitrogens with one attached hydrogen (secondary N) is 2. The molecule has 1 aromatic carbocycles. The standard InChI is InChI=1S/C22H17N3OS/c26-22-18-13-20(25-19(18)8-10-24-22)14-7-9-23-16(11-14)5-6-17-12-15-3-1-2-4-21(15)27-17/h1-7,9,11-13,25H,8,10H2,(H,24,26). The lowest BCUT2D eigenvalue weighted by molar-refractivity contribution is 0.0946. The minimum absolute atomic E-state index is 0.00214. The van der Waals surface area contributed by atoms with Crippen LogP contribution in [0.15, 0.2) is 54.7 Å². The van der Waals surface area contributed by atoms with Gasteiger partial charge in [0, 0.05) is 45.7 Å². The van der Waals surface area contributed by atoms with Crippen molar-refractivity contribution in [3.8, 4) is 11.3 Å². The lowest BCUT2D eigenvalue weighted by atomic mass is 10.1. The number of nitrogens with zero attached hydrogens (tertiary/aromatic N) is 1. The van der Waals surface area contributed by atoms with E-state index in [9.17, 15) is 4.79 Å². The van der Waals surface area contributed by atoms with Crippen LogP contribution in [0, 0.1) is 0 Å². The molecule has 5 heteroatoms. The van der Waals surface area contributed by atoms with Gasteiger partial charge in [0.05, 0.1) is 11.3 Å². The first kappa shape index (κ1) is 16.0. The summed E-state index contributed by atoms with van der Waals surface area (Å²) in [7, 11) is 0. The zero-order chi connectivity index (χ0) is 18.2. The van der Waals surface area contributed by atoms with Crippen LogP contribution in [0.1, 0.15) is 26.6 Å². The fourth-order valence-corrected chi connectivity index (χ4v) is 4.38. The Kier molecular flexibility index (Phi) is 3.87. The molecule has 0 saturated carbocycles. The largest absolute Gasteiger partial charge is 0.358 e. The Bertz CT molecular complexity index is 1150. The molecule has 3 aromatic heterocycles. The number of rotatable bonds is 3. The molecular formula is C22H17N3OS. The van der Waals surface area contributed by atoms with E-state index in [-0.39, 0.29) is 5.91 Å². The second kappa shape index (κ2) is 6.52. The van der Waals surface area contributed by atoms with E-state index >= 15 is 0 Å². The zero-order valence-electron chi connectivity index (χ0n) is 14.5. The van der Waals surface area contributed by atoms with Gasteiger partial charge < -0.3 is 10.3 Å². The number of fused-ring (bicyclic) bond motifs is 2. The number of aromatic amines is 1. The summed E-state index contributed by atoms with van der Waals surface area (Å²) in [4.78, 5) is 21.0. The second-order valence-corrected chi connectivity index (χ2v) is 7.69. The maximum Gasteiger partial charge on any atom is 0.253 e. The summed E-state index contributed by atoms with van der Waals surface area (Å²) in [6, 6.07) is 16.5. The third-order valence-electron chi connectivity index (χ3n) is 4.76.